The van der Waals surface area contributed by atoms with E-state index in [-0.39, 0.29) is 5.69 Å². The first kappa shape index (κ1) is 11.3. The van der Waals surface area contributed by atoms with E-state index in [0.29, 0.717) is 11.4 Å². The molecule has 5 heteroatoms. The average molecular weight is 209 g/mol. The van der Waals surface area contributed by atoms with Crippen LogP contribution in [-0.4, -0.2) is 16.6 Å². The maximum atomic E-state index is 11.5. The van der Waals surface area contributed by atoms with Gasteiger partial charge in [-0.15, -0.1) is 0 Å². The van der Waals surface area contributed by atoms with Gasteiger partial charge in [-0.05, 0) is 26.8 Å². The second-order valence-corrected chi connectivity index (χ2v) is 4.20. The molecule has 5 nitrogen and oxygen atoms in total. The molecule has 1 aromatic rings. The van der Waals surface area contributed by atoms with Crippen LogP contribution in [0.15, 0.2) is 12.3 Å². The van der Waals surface area contributed by atoms with E-state index in [0.717, 1.165) is 0 Å². The fourth-order valence-corrected chi connectivity index (χ4v) is 0.924. The van der Waals surface area contributed by atoms with Crippen molar-refractivity contribution in [3.05, 3.63) is 18.0 Å². The fourth-order valence-electron chi connectivity index (χ4n) is 0.924. The molecule has 1 rings (SSSR count). The van der Waals surface area contributed by atoms with Crippen molar-refractivity contribution in [2.75, 3.05) is 11.5 Å². The number of rotatable bonds is 1. The Balaban J connectivity index is 2.88. The number of anilines is 2. The molecule has 0 radical (unpaired) electrons. The predicted molar refractivity (Wildman–Crippen MR) is 58.2 cm³/mol. The van der Waals surface area contributed by atoms with Gasteiger partial charge in [0.2, 0.25) is 0 Å². The lowest BCUT2D eigenvalue weighted by Gasteiger charge is -2.19. The highest BCUT2D eigenvalue weighted by Crippen LogP contribution is 2.16. The summed E-state index contributed by atoms with van der Waals surface area (Å²) < 4.78 is 5.12. The van der Waals surface area contributed by atoms with Gasteiger partial charge in [0.1, 0.15) is 5.60 Å². The Morgan fingerprint density at radius 2 is 1.93 bits per heavy atom. The number of carbonyl (C=O) groups is 1. The topological polar surface area (TPSA) is 91.2 Å². The summed E-state index contributed by atoms with van der Waals surface area (Å²) in [6.45, 7) is 5.35. The molecule has 0 spiro atoms. The Morgan fingerprint density at radius 3 is 2.40 bits per heavy atom. The van der Waals surface area contributed by atoms with Crippen LogP contribution in [0.1, 0.15) is 31.3 Å². The van der Waals surface area contributed by atoms with E-state index < -0.39 is 11.6 Å². The van der Waals surface area contributed by atoms with Crippen LogP contribution in [0.25, 0.3) is 0 Å². The van der Waals surface area contributed by atoms with Gasteiger partial charge in [-0.25, -0.2) is 9.78 Å². The maximum Gasteiger partial charge on any atom is 0.357 e. The second-order valence-electron chi connectivity index (χ2n) is 4.20. The number of hydrogen-bond acceptors (Lipinski definition) is 5. The zero-order valence-corrected chi connectivity index (χ0v) is 9.07. The molecule has 0 aliphatic heterocycles. The van der Waals surface area contributed by atoms with E-state index in [1.54, 1.807) is 20.8 Å². The van der Waals surface area contributed by atoms with Gasteiger partial charge in [-0.2, -0.15) is 0 Å². The number of nitrogens with two attached hydrogens (primary N) is 2. The number of hydrogen-bond donors (Lipinski definition) is 2. The molecule has 0 saturated carbocycles. The minimum absolute atomic E-state index is 0.164. The van der Waals surface area contributed by atoms with Gasteiger partial charge in [0.05, 0.1) is 17.6 Å². The lowest BCUT2D eigenvalue weighted by molar-refractivity contribution is 0.00630. The zero-order valence-electron chi connectivity index (χ0n) is 9.07. The van der Waals surface area contributed by atoms with Crippen LogP contribution in [0.5, 0.6) is 0 Å². The Morgan fingerprint density at radius 1 is 1.33 bits per heavy atom. The molecule has 1 heterocycles. The minimum atomic E-state index is -0.547. The first-order valence-electron chi connectivity index (χ1n) is 4.54. The van der Waals surface area contributed by atoms with Crippen molar-refractivity contribution in [2.24, 2.45) is 0 Å². The third-order valence-electron chi connectivity index (χ3n) is 1.58. The van der Waals surface area contributed by atoms with Gasteiger partial charge < -0.3 is 16.2 Å². The van der Waals surface area contributed by atoms with E-state index in [9.17, 15) is 4.79 Å². The van der Waals surface area contributed by atoms with E-state index in [1.165, 1.54) is 12.3 Å². The Kier molecular flexibility index (Phi) is 2.83. The summed E-state index contributed by atoms with van der Waals surface area (Å²) in [5.41, 5.74) is 11.3. The molecule has 0 atom stereocenters. The first-order valence-corrected chi connectivity index (χ1v) is 4.54. The smallest absolute Gasteiger partial charge is 0.357 e. The SMILES string of the molecule is CC(C)(C)OC(=O)c1cc(N)c(N)cn1. The largest absolute Gasteiger partial charge is 0.455 e. The van der Waals surface area contributed by atoms with Crippen LogP contribution in [0, 0.1) is 0 Å². The highest BCUT2D eigenvalue weighted by atomic mass is 16.6. The summed E-state index contributed by atoms with van der Waals surface area (Å²) in [7, 11) is 0. The molecule has 0 amide bonds. The molecule has 15 heavy (non-hydrogen) atoms. The molecule has 0 aromatic carbocycles. The summed E-state index contributed by atoms with van der Waals surface area (Å²) in [4.78, 5) is 15.4. The monoisotopic (exact) mass is 209 g/mol. The van der Waals surface area contributed by atoms with Gasteiger partial charge in [-0.3, -0.25) is 0 Å². The summed E-state index contributed by atoms with van der Waals surface area (Å²) in [6.07, 6.45) is 1.34. The number of nitrogens with zero attached hydrogens (tertiary/aromatic N) is 1. The minimum Gasteiger partial charge on any atom is -0.455 e. The lowest BCUT2D eigenvalue weighted by atomic mass is 10.2. The number of aromatic nitrogens is 1. The Hall–Kier alpha value is -1.78. The number of ether oxygens (including phenoxy) is 1. The van der Waals surface area contributed by atoms with E-state index >= 15 is 0 Å². The fraction of sp³-hybridized carbons (Fsp3) is 0.400. The highest BCUT2D eigenvalue weighted by molar-refractivity contribution is 5.89. The van der Waals surface area contributed by atoms with Crippen molar-refractivity contribution in [3.8, 4) is 0 Å². The summed E-state index contributed by atoms with van der Waals surface area (Å²) >= 11 is 0. The zero-order chi connectivity index (χ0) is 11.6. The van der Waals surface area contributed by atoms with Crippen LogP contribution >= 0.6 is 0 Å². The molecule has 82 valence electrons. The Bertz CT molecular complexity index is 383. The van der Waals surface area contributed by atoms with E-state index in [1.807, 2.05) is 0 Å². The molecule has 0 saturated heterocycles. The normalized spacial score (nSPS) is 11.1. The van der Waals surface area contributed by atoms with Crippen LogP contribution in [0.4, 0.5) is 11.4 Å². The Labute approximate surface area is 88.4 Å². The summed E-state index contributed by atoms with van der Waals surface area (Å²) in [6, 6.07) is 1.41. The van der Waals surface area contributed by atoms with Gasteiger partial charge in [0.15, 0.2) is 5.69 Å². The quantitative estimate of drug-likeness (QED) is 0.678. The molecular formula is C10H15N3O2. The van der Waals surface area contributed by atoms with Gasteiger partial charge in [0, 0.05) is 0 Å². The maximum absolute atomic E-state index is 11.5. The average Bonchev–Trinajstić information content (AvgIpc) is 2.06. The third kappa shape index (κ3) is 3.12. The van der Waals surface area contributed by atoms with Gasteiger partial charge >= 0.3 is 5.97 Å². The molecule has 0 unspecified atom stereocenters. The van der Waals surface area contributed by atoms with Crippen molar-refractivity contribution in [2.45, 2.75) is 26.4 Å². The number of esters is 1. The van der Waals surface area contributed by atoms with Crippen molar-refractivity contribution >= 4 is 17.3 Å². The number of pyridine rings is 1. The molecule has 0 fully saturated rings. The second kappa shape index (κ2) is 3.76. The summed E-state index contributed by atoms with van der Waals surface area (Å²) in [5.74, 6) is -0.505. The standard InChI is InChI=1S/C10H15N3O2/c1-10(2,3)15-9(14)8-4-6(11)7(12)5-13-8/h4-5H,12H2,1-3H3,(H2,11,13). The molecular weight excluding hydrogens is 194 g/mol. The molecule has 0 bridgehead atoms. The summed E-state index contributed by atoms with van der Waals surface area (Å²) in [5, 5.41) is 0. The predicted octanol–water partition coefficient (Wildman–Crippen LogP) is 1.20. The van der Waals surface area contributed by atoms with Crippen LogP contribution < -0.4 is 11.5 Å². The van der Waals surface area contributed by atoms with Crippen molar-refractivity contribution < 1.29 is 9.53 Å². The number of carbonyl (C=O) groups excluding carboxylic acids is 1. The van der Waals surface area contributed by atoms with Crippen molar-refractivity contribution in [3.63, 3.8) is 0 Å². The van der Waals surface area contributed by atoms with Crippen LogP contribution in [-0.2, 0) is 4.74 Å². The lowest BCUT2D eigenvalue weighted by Crippen LogP contribution is -2.24. The van der Waals surface area contributed by atoms with Gasteiger partial charge in [-0.1, -0.05) is 0 Å². The van der Waals surface area contributed by atoms with Crippen molar-refractivity contribution in [1.82, 2.24) is 4.98 Å². The van der Waals surface area contributed by atoms with E-state index in [4.69, 9.17) is 16.2 Å². The van der Waals surface area contributed by atoms with Crippen LogP contribution in [0.2, 0.25) is 0 Å². The van der Waals surface area contributed by atoms with Crippen LogP contribution in [0.3, 0.4) is 0 Å². The van der Waals surface area contributed by atoms with E-state index in [2.05, 4.69) is 4.98 Å². The van der Waals surface area contributed by atoms with Crippen molar-refractivity contribution in [1.29, 1.82) is 0 Å². The first-order chi connectivity index (χ1) is 6.79. The highest BCUT2D eigenvalue weighted by Gasteiger charge is 2.19. The molecule has 0 aliphatic rings. The molecule has 0 aliphatic carbocycles. The molecule has 1 aromatic heterocycles. The van der Waals surface area contributed by atoms with Gasteiger partial charge in [0.25, 0.3) is 0 Å². The molecule has 4 N–H and O–H groups in total. The third-order valence-corrected chi connectivity index (χ3v) is 1.58. The number of nitrogen functional groups attached to an aromatic ring is 2.